The van der Waals surface area contributed by atoms with Gasteiger partial charge in [-0.25, -0.2) is 4.98 Å². The summed E-state index contributed by atoms with van der Waals surface area (Å²) >= 11 is 0. The van der Waals surface area contributed by atoms with Crippen molar-refractivity contribution in [2.24, 2.45) is 0 Å². The van der Waals surface area contributed by atoms with Gasteiger partial charge < -0.3 is 15.8 Å². The van der Waals surface area contributed by atoms with E-state index in [4.69, 9.17) is 10.5 Å². The highest BCUT2D eigenvalue weighted by atomic mass is 16.5. The van der Waals surface area contributed by atoms with E-state index in [2.05, 4.69) is 15.3 Å². The first-order valence-corrected chi connectivity index (χ1v) is 6.31. The Morgan fingerprint density at radius 2 is 2.12 bits per heavy atom. The highest BCUT2D eigenvalue weighted by Crippen LogP contribution is 2.27. The number of hydrogen-bond donors (Lipinski definition) is 2. The van der Waals surface area contributed by atoms with Crippen LogP contribution in [-0.2, 0) is 0 Å². The van der Waals surface area contributed by atoms with Gasteiger partial charge in [-0.3, -0.25) is 0 Å². The summed E-state index contributed by atoms with van der Waals surface area (Å²) in [6, 6.07) is 0.482. The van der Waals surface area contributed by atoms with Crippen LogP contribution in [0.15, 0.2) is 6.33 Å². The van der Waals surface area contributed by atoms with Crippen LogP contribution in [0.4, 0.5) is 11.5 Å². The molecule has 1 aliphatic rings. The summed E-state index contributed by atoms with van der Waals surface area (Å²) in [5.74, 6) is 1.18. The lowest BCUT2D eigenvalue weighted by Crippen LogP contribution is -2.23. The number of nitrogens with one attached hydrogen (secondary N) is 1. The van der Waals surface area contributed by atoms with Gasteiger partial charge >= 0.3 is 0 Å². The first-order chi connectivity index (χ1) is 8.31. The fourth-order valence-electron chi connectivity index (χ4n) is 2.19. The Bertz CT molecular complexity index is 364. The fraction of sp³-hybridized carbons (Fsp3) is 0.667. The van der Waals surface area contributed by atoms with Crippen molar-refractivity contribution in [2.75, 3.05) is 17.7 Å². The number of nitrogens with two attached hydrogens (primary N) is 1. The molecule has 0 atom stereocenters. The van der Waals surface area contributed by atoms with Crippen molar-refractivity contribution >= 4 is 11.5 Å². The standard InChI is InChI=1S/C12H20N4O/c1-2-17-12-10(13)11(14-8-15-12)16-9-6-4-3-5-7-9/h8-9H,2-7,13H2,1H3,(H,14,15,16). The maximum Gasteiger partial charge on any atom is 0.242 e. The minimum absolute atomic E-state index is 0.473. The zero-order chi connectivity index (χ0) is 12.1. The van der Waals surface area contributed by atoms with Gasteiger partial charge in [-0.1, -0.05) is 19.3 Å². The third-order valence-electron chi connectivity index (χ3n) is 3.07. The molecule has 0 spiro atoms. The minimum atomic E-state index is 0.473. The molecule has 0 radical (unpaired) electrons. The zero-order valence-electron chi connectivity index (χ0n) is 10.3. The summed E-state index contributed by atoms with van der Waals surface area (Å²) in [7, 11) is 0. The molecule has 1 aromatic heterocycles. The van der Waals surface area contributed by atoms with Crippen LogP contribution in [-0.4, -0.2) is 22.6 Å². The fourth-order valence-corrected chi connectivity index (χ4v) is 2.19. The Balaban J connectivity index is 2.06. The predicted molar refractivity (Wildman–Crippen MR) is 68.1 cm³/mol. The van der Waals surface area contributed by atoms with E-state index in [1.54, 1.807) is 0 Å². The lowest BCUT2D eigenvalue weighted by Gasteiger charge is -2.24. The van der Waals surface area contributed by atoms with Crippen LogP contribution < -0.4 is 15.8 Å². The average Bonchev–Trinajstić information content (AvgIpc) is 2.36. The van der Waals surface area contributed by atoms with Crippen LogP contribution >= 0.6 is 0 Å². The van der Waals surface area contributed by atoms with Gasteiger partial charge in [0.1, 0.15) is 12.0 Å². The number of aromatic nitrogens is 2. The first kappa shape index (κ1) is 12.0. The maximum atomic E-state index is 5.97. The van der Waals surface area contributed by atoms with E-state index in [0.29, 0.717) is 30.0 Å². The van der Waals surface area contributed by atoms with E-state index in [1.165, 1.54) is 38.4 Å². The van der Waals surface area contributed by atoms with Gasteiger partial charge in [0.25, 0.3) is 0 Å². The minimum Gasteiger partial charge on any atom is -0.476 e. The molecule has 0 aliphatic heterocycles. The number of nitrogen functional groups attached to an aromatic ring is 1. The number of rotatable bonds is 4. The monoisotopic (exact) mass is 236 g/mol. The van der Waals surface area contributed by atoms with Crippen LogP contribution in [0.25, 0.3) is 0 Å². The van der Waals surface area contributed by atoms with Gasteiger partial charge in [0, 0.05) is 6.04 Å². The van der Waals surface area contributed by atoms with Crippen molar-refractivity contribution in [2.45, 2.75) is 45.1 Å². The molecule has 2 rings (SSSR count). The second-order valence-corrected chi connectivity index (χ2v) is 4.35. The summed E-state index contributed by atoms with van der Waals surface area (Å²) in [6.45, 7) is 2.47. The number of ether oxygens (including phenoxy) is 1. The van der Waals surface area contributed by atoms with Crippen molar-refractivity contribution in [3.05, 3.63) is 6.33 Å². The van der Waals surface area contributed by atoms with E-state index in [0.717, 1.165) is 0 Å². The van der Waals surface area contributed by atoms with Crippen molar-refractivity contribution in [1.29, 1.82) is 0 Å². The number of nitrogens with zero attached hydrogens (tertiary/aromatic N) is 2. The molecular formula is C12H20N4O. The van der Waals surface area contributed by atoms with E-state index in [-0.39, 0.29) is 0 Å². The Hall–Kier alpha value is -1.52. The molecule has 3 N–H and O–H groups in total. The molecule has 1 saturated carbocycles. The topological polar surface area (TPSA) is 73.1 Å². The van der Waals surface area contributed by atoms with Gasteiger partial charge in [0.05, 0.1) is 6.61 Å². The molecule has 17 heavy (non-hydrogen) atoms. The van der Waals surface area contributed by atoms with E-state index < -0.39 is 0 Å². The van der Waals surface area contributed by atoms with Crippen LogP contribution in [0.1, 0.15) is 39.0 Å². The third kappa shape index (κ3) is 2.99. The average molecular weight is 236 g/mol. The van der Waals surface area contributed by atoms with E-state index >= 15 is 0 Å². The molecule has 0 aromatic carbocycles. The molecule has 0 unspecified atom stereocenters. The zero-order valence-corrected chi connectivity index (χ0v) is 10.3. The predicted octanol–water partition coefficient (Wildman–Crippen LogP) is 2.20. The van der Waals surface area contributed by atoms with Gasteiger partial charge in [-0.05, 0) is 19.8 Å². The second kappa shape index (κ2) is 5.70. The highest BCUT2D eigenvalue weighted by molar-refractivity contribution is 5.66. The Labute approximate surface area is 102 Å². The van der Waals surface area contributed by atoms with Crippen molar-refractivity contribution in [1.82, 2.24) is 9.97 Å². The summed E-state index contributed by atoms with van der Waals surface area (Å²) in [5, 5.41) is 3.39. The normalized spacial score (nSPS) is 16.8. The molecule has 5 heteroatoms. The molecule has 0 saturated heterocycles. The second-order valence-electron chi connectivity index (χ2n) is 4.35. The Kier molecular flexibility index (Phi) is 4.01. The SMILES string of the molecule is CCOc1ncnc(NC2CCCCC2)c1N. The van der Waals surface area contributed by atoms with E-state index in [9.17, 15) is 0 Å². The molecule has 5 nitrogen and oxygen atoms in total. The van der Waals surface area contributed by atoms with Crippen LogP contribution in [0.5, 0.6) is 5.88 Å². The quantitative estimate of drug-likeness (QED) is 0.838. The molecule has 0 bridgehead atoms. The third-order valence-corrected chi connectivity index (χ3v) is 3.07. The lowest BCUT2D eigenvalue weighted by molar-refractivity contribution is 0.328. The molecule has 1 fully saturated rings. The summed E-state index contributed by atoms with van der Waals surface area (Å²) in [5.41, 5.74) is 6.49. The first-order valence-electron chi connectivity index (χ1n) is 6.31. The lowest BCUT2D eigenvalue weighted by atomic mass is 9.95. The number of hydrogen-bond acceptors (Lipinski definition) is 5. The van der Waals surface area contributed by atoms with Crippen LogP contribution in [0.2, 0.25) is 0 Å². The Morgan fingerprint density at radius 3 is 2.82 bits per heavy atom. The maximum absolute atomic E-state index is 5.97. The Morgan fingerprint density at radius 1 is 1.35 bits per heavy atom. The number of anilines is 2. The largest absolute Gasteiger partial charge is 0.476 e. The van der Waals surface area contributed by atoms with Crippen molar-refractivity contribution in [3.63, 3.8) is 0 Å². The van der Waals surface area contributed by atoms with Gasteiger partial charge in [-0.2, -0.15) is 4.98 Å². The van der Waals surface area contributed by atoms with Gasteiger partial charge in [0.15, 0.2) is 5.82 Å². The van der Waals surface area contributed by atoms with Crippen LogP contribution in [0, 0.1) is 0 Å². The smallest absolute Gasteiger partial charge is 0.242 e. The van der Waals surface area contributed by atoms with Gasteiger partial charge in [-0.15, -0.1) is 0 Å². The van der Waals surface area contributed by atoms with Gasteiger partial charge in [0.2, 0.25) is 5.88 Å². The molecule has 1 heterocycles. The highest BCUT2D eigenvalue weighted by Gasteiger charge is 2.16. The molecule has 1 aliphatic carbocycles. The molecular weight excluding hydrogens is 216 g/mol. The molecule has 94 valence electrons. The van der Waals surface area contributed by atoms with Crippen molar-refractivity contribution in [3.8, 4) is 5.88 Å². The summed E-state index contributed by atoms with van der Waals surface area (Å²) < 4.78 is 5.35. The van der Waals surface area contributed by atoms with Crippen LogP contribution in [0.3, 0.4) is 0 Å². The molecule has 1 aromatic rings. The van der Waals surface area contributed by atoms with Crippen molar-refractivity contribution < 1.29 is 4.74 Å². The molecule has 0 amide bonds. The summed E-state index contributed by atoms with van der Waals surface area (Å²) in [6.07, 6.45) is 7.76. The van der Waals surface area contributed by atoms with E-state index in [1.807, 2.05) is 6.92 Å². The summed E-state index contributed by atoms with van der Waals surface area (Å²) in [4.78, 5) is 8.21.